The van der Waals surface area contributed by atoms with Crippen molar-refractivity contribution in [2.24, 2.45) is 0 Å². The number of aromatic carboxylic acids is 1. The van der Waals surface area contributed by atoms with Gasteiger partial charge in [-0.05, 0) is 59.9 Å². The van der Waals surface area contributed by atoms with E-state index in [1.807, 2.05) is 36.4 Å². The maximum Gasteiger partial charge on any atom is 0.335 e. The van der Waals surface area contributed by atoms with E-state index in [-0.39, 0.29) is 17.3 Å². The lowest BCUT2D eigenvalue weighted by Gasteiger charge is -2.23. The fraction of sp³-hybridized carbons (Fsp3) is 0.167. The first-order valence-corrected chi connectivity index (χ1v) is 9.46. The summed E-state index contributed by atoms with van der Waals surface area (Å²) in [5.41, 5.74) is 2.05. The molecule has 1 amide bonds. The predicted octanol–water partition coefficient (Wildman–Crippen LogP) is 4.30. The van der Waals surface area contributed by atoms with Crippen LogP contribution in [0.1, 0.15) is 33.5 Å². The summed E-state index contributed by atoms with van der Waals surface area (Å²) >= 11 is 0. The van der Waals surface area contributed by atoms with Gasteiger partial charge in [-0.1, -0.05) is 42.5 Å². The number of para-hydroxylation sites is 1. The van der Waals surface area contributed by atoms with Crippen LogP contribution in [0, 0.1) is 5.82 Å². The Labute approximate surface area is 167 Å². The monoisotopic (exact) mass is 387 g/mol. The fourth-order valence-electron chi connectivity index (χ4n) is 4.99. The Hall–Kier alpha value is -3.47. The molecule has 0 radical (unpaired) electrons. The van der Waals surface area contributed by atoms with E-state index >= 15 is 0 Å². The van der Waals surface area contributed by atoms with Gasteiger partial charge in [-0.25, -0.2) is 9.18 Å². The number of fused-ring (bicyclic) bond motifs is 2. The van der Waals surface area contributed by atoms with E-state index in [1.54, 1.807) is 24.3 Å². The smallest absolute Gasteiger partial charge is 0.335 e. The molecule has 2 N–H and O–H groups in total. The molecule has 3 aromatic rings. The lowest BCUT2D eigenvalue weighted by Crippen LogP contribution is -2.31. The maximum absolute atomic E-state index is 14.1. The molecule has 1 saturated carbocycles. The molecule has 0 bridgehead atoms. The first-order valence-electron chi connectivity index (χ1n) is 9.46. The number of halogens is 1. The number of carboxylic acid groups (broad SMARTS) is 1. The third-order valence-electron chi connectivity index (χ3n) is 6.34. The average Bonchev–Trinajstić information content (AvgIpc) is 3.30. The van der Waals surface area contributed by atoms with Gasteiger partial charge in [0.2, 0.25) is 5.91 Å². The maximum atomic E-state index is 14.1. The predicted molar refractivity (Wildman–Crippen MR) is 107 cm³/mol. The second kappa shape index (κ2) is 6.01. The highest BCUT2D eigenvalue weighted by Gasteiger charge is 2.75. The summed E-state index contributed by atoms with van der Waals surface area (Å²) in [6.07, 6.45) is 0.989. The van der Waals surface area contributed by atoms with Gasteiger partial charge < -0.3 is 10.4 Å². The number of hydrogen-bond acceptors (Lipinski definition) is 2. The zero-order chi connectivity index (χ0) is 20.2. The van der Waals surface area contributed by atoms with Gasteiger partial charge in [0.25, 0.3) is 0 Å². The van der Waals surface area contributed by atoms with Crippen molar-refractivity contribution in [3.63, 3.8) is 0 Å². The largest absolute Gasteiger partial charge is 0.478 e. The van der Waals surface area contributed by atoms with E-state index in [4.69, 9.17) is 0 Å². The number of amides is 1. The molecule has 5 heteroatoms. The van der Waals surface area contributed by atoms with Crippen molar-refractivity contribution in [3.8, 4) is 0 Å². The SMILES string of the molecule is O=C(O)c1cccc(C[C@]2(c3cccc(F)c3)C[C@@]23C(=O)Nc2ccccc23)c1. The number of carbonyl (C=O) groups is 2. The number of carboxylic acids is 1. The van der Waals surface area contributed by atoms with E-state index in [1.165, 1.54) is 12.1 Å². The van der Waals surface area contributed by atoms with Crippen molar-refractivity contribution >= 4 is 17.6 Å². The van der Waals surface area contributed by atoms with Gasteiger partial charge >= 0.3 is 5.97 Å². The topological polar surface area (TPSA) is 66.4 Å². The second-order valence-corrected chi connectivity index (χ2v) is 7.86. The zero-order valence-electron chi connectivity index (χ0n) is 15.5. The van der Waals surface area contributed by atoms with Gasteiger partial charge in [0.15, 0.2) is 0 Å². The van der Waals surface area contributed by atoms with E-state index in [0.29, 0.717) is 12.8 Å². The van der Waals surface area contributed by atoms with Gasteiger partial charge in [0, 0.05) is 11.1 Å². The molecule has 144 valence electrons. The van der Waals surface area contributed by atoms with Crippen LogP contribution in [-0.2, 0) is 22.0 Å². The van der Waals surface area contributed by atoms with E-state index in [9.17, 15) is 19.1 Å². The van der Waals surface area contributed by atoms with Crippen molar-refractivity contribution in [1.82, 2.24) is 0 Å². The van der Waals surface area contributed by atoms with Crippen LogP contribution >= 0.6 is 0 Å². The molecule has 4 nitrogen and oxygen atoms in total. The molecule has 29 heavy (non-hydrogen) atoms. The summed E-state index contributed by atoms with van der Waals surface area (Å²) in [5.74, 6) is -1.44. The summed E-state index contributed by atoms with van der Waals surface area (Å²) < 4.78 is 14.1. The standard InChI is InChI=1S/C24H18FNO3/c25-18-8-4-7-17(12-18)23(13-15-5-3-6-16(11-15)21(27)28)14-24(23)19-9-1-2-10-20(19)26-22(24)29/h1-12H,13-14H2,(H,26,29)(H,27,28)/t23-,24-/m1/s1. The minimum absolute atomic E-state index is 0.0858. The molecule has 0 aromatic heterocycles. The van der Waals surface area contributed by atoms with Crippen molar-refractivity contribution in [2.75, 3.05) is 5.32 Å². The Bertz CT molecular complexity index is 1170. The van der Waals surface area contributed by atoms with Crippen LogP contribution in [0.2, 0.25) is 0 Å². The molecule has 1 aliphatic heterocycles. The van der Waals surface area contributed by atoms with Gasteiger partial charge in [-0.15, -0.1) is 0 Å². The number of carbonyl (C=O) groups excluding carboxylic acids is 1. The van der Waals surface area contributed by atoms with Crippen LogP contribution in [0.3, 0.4) is 0 Å². The number of rotatable bonds is 4. The quantitative estimate of drug-likeness (QED) is 0.702. The van der Waals surface area contributed by atoms with E-state index in [2.05, 4.69) is 5.32 Å². The van der Waals surface area contributed by atoms with Gasteiger partial charge in [0.1, 0.15) is 5.82 Å². The Kier molecular flexibility index (Phi) is 3.65. The summed E-state index contributed by atoms with van der Waals surface area (Å²) in [7, 11) is 0. The summed E-state index contributed by atoms with van der Waals surface area (Å²) in [4.78, 5) is 24.6. The van der Waals surface area contributed by atoms with Crippen LogP contribution in [0.15, 0.2) is 72.8 Å². The van der Waals surface area contributed by atoms with Crippen LogP contribution in [0.4, 0.5) is 10.1 Å². The number of nitrogens with one attached hydrogen (secondary N) is 1. The molecule has 5 rings (SSSR count). The molecule has 2 aliphatic rings. The van der Waals surface area contributed by atoms with Crippen LogP contribution in [0.5, 0.6) is 0 Å². The van der Waals surface area contributed by atoms with Crippen molar-refractivity contribution in [3.05, 3.63) is 101 Å². The van der Waals surface area contributed by atoms with E-state index in [0.717, 1.165) is 22.4 Å². The van der Waals surface area contributed by atoms with Crippen molar-refractivity contribution in [1.29, 1.82) is 0 Å². The van der Waals surface area contributed by atoms with Crippen LogP contribution in [0.25, 0.3) is 0 Å². The highest BCUT2D eigenvalue weighted by Crippen LogP contribution is 2.70. The molecule has 1 aliphatic carbocycles. The Morgan fingerprint density at radius 1 is 1.03 bits per heavy atom. The lowest BCUT2D eigenvalue weighted by atomic mass is 9.78. The highest BCUT2D eigenvalue weighted by molar-refractivity contribution is 6.10. The van der Waals surface area contributed by atoms with Gasteiger partial charge in [-0.3, -0.25) is 4.79 Å². The minimum Gasteiger partial charge on any atom is -0.478 e. The molecule has 0 saturated heterocycles. The molecule has 0 unspecified atom stereocenters. The summed E-state index contributed by atoms with van der Waals surface area (Å²) in [6.45, 7) is 0. The Morgan fingerprint density at radius 3 is 2.62 bits per heavy atom. The molecule has 2 atom stereocenters. The Morgan fingerprint density at radius 2 is 1.83 bits per heavy atom. The van der Waals surface area contributed by atoms with Crippen LogP contribution < -0.4 is 5.32 Å². The molecule has 1 heterocycles. The first kappa shape index (κ1) is 17.6. The number of hydrogen-bond donors (Lipinski definition) is 2. The number of anilines is 1. The van der Waals surface area contributed by atoms with Crippen molar-refractivity contribution in [2.45, 2.75) is 23.7 Å². The summed E-state index contributed by atoms with van der Waals surface area (Å²) in [5, 5.41) is 12.3. The molecule has 1 spiro atoms. The first-order chi connectivity index (χ1) is 14.0. The average molecular weight is 387 g/mol. The van der Waals surface area contributed by atoms with Gasteiger partial charge in [-0.2, -0.15) is 0 Å². The summed E-state index contributed by atoms with van der Waals surface area (Å²) in [6, 6.07) is 20.7. The van der Waals surface area contributed by atoms with Crippen molar-refractivity contribution < 1.29 is 19.1 Å². The highest BCUT2D eigenvalue weighted by atomic mass is 19.1. The third-order valence-corrected chi connectivity index (χ3v) is 6.34. The molecular formula is C24H18FNO3. The molecule has 3 aromatic carbocycles. The lowest BCUT2D eigenvalue weighted by molar-refractivity contribution is -0.118. The normalized spacial score (nSPS) is 24.2. The minimum atomic E-state index is -0.999. The Balaban J connectivity index is 1.67. The number of benzene rings is 3. The van der Waals surface area contributed by atoms with E-state index < -0.39 is 16.8 Å². The molecular weight excluding hydrogens is 369 g/mol. The molecule has 1 fully saturated rings. The van der Waals surface area contributed by atoms with Gasteiger partial charge in [0.05, 0.1) is 11.0 Å². The second-order valence-electron chi connectivity index (χ2n) is 7.86. The van der Waals surface area contributed by atoms with Crippen LogP contribution in [-0.4, -0.2) is 17.0 Å². The third kappa shape index (κ3) is 2.43. The zero-order valence-corrected chi connectivity index (χ0v) is 15.5. The fourth-order valence-corrected chi connectivity index (χ4v) is 4.99.